The third-order valence-electron chi connectivity index (χ3n) is 4.02. The monoisotopic (exact) mass is 336 g/mol. The van der Waals surface area contributed by atoms with Gasteiger partial charge in [0.1, 0.15) is 17.1 Å². The molecule has 1 aromatic carbocycles. The third kappa shape index (κ3) is 4.11. The molecule has 1 atom stereocenters. The van der Waals surface area contributed by atoms with E-state index in [2.05, 4.69) is 21.1 Å². The average Bonchev–Trinajstić information content (AvgIpc) is 3.05. The Balaban J connectivity index is 1.70. The van der Waals surface area contributed by atoms with Crippen molar-refractivity contribution in [3.05, 3.63) is 70.1 Å². The zero-order valence-corrected chi connectivity index (χ0v) is 14.3. The van der Waals surface area contributed by atoms with Crippen LogP contribution in [0.15, 0.2) is 52.1 Å². The van der Waals surface area contributed by atoms with Crippen molar-refractivity contribution in [1.82, 2.24) is 4.98 Å². The number of aryl methyl sites for hydroxylation is 2. The molecule has 0 saturated carbocycles. The van der Waals surface area contributed by atoms with E-state index < -0.39 is 0 Å². The number of rotatable bonds is 7. The van der Waals surface area contributed by atoms with E-state index in [1.807, 2.05) is 44.2 Å². The lowest BCUT2D eigenvalue weighted by molar-refractivity contribution is 0.338. The van der Waals surface area contributed by atoms with E-state index in [4.69, 9.17) is 14.7 Å². The van der Waals surface area contributed by atoms with E-state index in [1.165, 1.54) is 5.56 Å². The summed E-state index contributed by atoms with van der Waals surface area (Å²) in [5, 5.41) is 4.69. The first-order valence-electron chi connectivity index (χ1n) is 8.34. The molecule has 25 heavy (non-hydrogen) atoms. The number of nitrogens with zero attached hydrogens (tertiary/aromatic N) is 4. The van der Waals surface area contributed by atoms with Crippen LogP contribution in [0.25, 0.3) is 21.4 Å². The minimum atomic E-state index is -0.311. The first-order chi connectivity index (χ1) is 12.2. The number of furan rings is 1. The van der Waals surface area contributed by atoms with Crippen LogP contribution in [0.3, 0.4) is 0 Å². The number of aromatic nitrogens is 1. The number of pyridine rings is 1. The van der Waals surface area contributed by atoms with Crippen LogP contribution in [0.2, 0.25) is 0 Å². The molecule has 6 heteroatoms. The summed E-state index contributed by atoms with van der Waals surface area (Å²) < 4.78 is 11.2. The average molecular weight is 336 g/mol. The number of fused-ring (bicyclic) bond motifs is 1. The molecule has 1 unspecified atom stereocenters. The summed E-state index contributed by atoms with van der Waals surface area (Å²) in [6.07, 6.45) is 3.48. The summed E-state index contributed by atoms with van der Waals surface area (Å²) >= 11 is 0. The van der Waals surface area contributed by atoms with E-state index in [9.17, 15) is 0 Å². The van der Waals surface area contributed by atoms with E-state index >= 15 is 0 Å². The normalized spacial score (nSPS) is 11.9. The maximum atomic E-state index is 8.55. The van der Waals surface area contributed by atoms with Gasteiger partial charge in [0.05, 0.1) is 18.8 Å². The SMILES string of the molecule is CCOc1ccc(CCc2ccc3cc(C(C)N=[N+]=[N-])oc3c2)nc1. The van der Waals surface area contributed by atoms with Crippen molar-refractivity contribution in [2.75, 3.05) is 6.61 Å². The van der Waals surface area contributed by atoms with Gasteiger partial charge in [0.15, 0.2) is 0 Å². The zero-order valence-electron chi connectivity index (χ0n) is 14.3. The van der Waals surface area contributed by atoms with Gasteiger partial charge in [-0.15, -0.1) is 0 Å². The van der Waals surface area contributed by atoms with Gasteiger partial charge in [-0.2, -0.15) is 0 Å². The smallest absolute Gasteiger partial charge is 0.137 e. The molecule has 0 amide bonds. The summed E-state index contributed by atoms with van der Waals surface area (Å²) in [6.45, 7) is 4.41. The van der Waals surface area contributed by atoms with Gasteiger partial charge in [0.2, 0.25) is 0 Å². The lowest BCUT2D eigenvalue weighted by Gasteiger charge is -2.04. The van der Waals surface area contributed by atoms with Crippen LogP contribution in [0.5, 0.6) is 5.75 Å². The molecule has 0 saturated heterocycles. The van der Waals surface area contributed by atoms with Crippen LogP contribution >= 0.6 is 0 Å². The first kappa shape index (κ1) is 16.9. The molecule has 0 aliphatic rings. The van der Waals surface area contributed by atoms with E-state index in [0.29, 0.717) is 12.4 Å². The standard InChI is InChI=1S/C19H20N4O2/c1-3-24-17-9-8-16(21-12-17)7-5-14-4-6-15-11-18(13(2)22-23-20)25-19(15)10-14/h4,6,8-13H,3,5,7H2,1-2H3. The lowest BCUT2D eigenvalue weighted by Crippen LogP contribution is -1.96. The molecule has 0 aliphatic carbocycles. The highest BCUT2D eigenvalue weighted by atomic mass is 16.5. The summed E-state index contributed by atoms with van der Waals surface area (Å²) in [7, 11) is 0. The van der Waals surface area contributed by atoms with Gasteiger partial charge < -0.3 is 9.15 Å². The zero-order chi connectivity index (χ0) is 17.6. The van der Waals surface area contributed by atoms with Crippen LogP contribution in [0.4, 0.5) is 0 Å². The molecule has 128 valence electrons. The largest absolute Gasteiger partial charge is 0.492 e. The summed E-state index contributed by atoms with van der Waals surface area (Å²) in [4.78, 5) is 7.26. The second kappa shape index (κ2) is 7.73. The highest BCUT2D eigenvalue weighted by Gasteiger charge is 2.10. The number of benzene rings is 1. The Morgan fingerprint density at radius 3 is 2.84 bits per heavy atom. The molecular formula is C19H20N4O2. The topological polar surface area (TPSA) is 84.0 Å². The minimum Gasteiger partial charge on any atom is -0.492 e. The predicted molar refractivity (Wildman–Crippen MR) is 96.6 cm³/mol. The van der Waals surface area contributed by atoms with Gasteiger partial charge in [-0.3, -0.25) is 4.98 Å². The maximum absolute atomic E-state index is 8.55. The first-order valence-corrected chi connectivity index (χ1v) is 8.34. The van der Waals surface area contributed by atoms with E-state index in [-0.39, 0.29) is 6.04 Å². The lowest BCUT2D eigenvalue weighted by atomic mass is 10.1. The highest BCUT2D eigenvalue weighted by Crippen LogP contribution is 2.27. The second-order valence-electron chi connectivity index (χ2n) is 5.82. The van der Waals surface area contributed by atoms with Crippen LogP contribution in [0, 0.1) is 0 Å². The number of ether oxygens (including phenoxy) is 1. The minimum absolute atomic E-state index is 0.311. The summed E-state index contributed by atoms with van der Waals surface area (Å²) in [5.74, 6) is 1.48. The number of azide groups is 1. The number of hydrogen-bond acceptors (Lipinski definition) is 4. The van der Waals surface area contributed by atoms with Crippen molar-refractivity contribution in [3.8, 4) is 5.75 Å². The van der Waals surface area contributed by atoms with Crippen LogP contribution in [-0.2, 0) is 12.8 Å². The van der Waals surface area contributed by atoms with Gasteiger partial charge in [0, 0.05) is 16.0 Å². The number of hydrogen-bond donors (Lipinski definition) is 0. The van der Waals surface area contributed by atoms with Crippen LogP contribution in [0.1, 0.15) is 36.9 Å². The Labute approximate surface area is 146 Å². The van der Waals surface area contributed by atoms with E-state index in [0.717, 1.165) is 35.3 Å². The second-order valence-corrected chi connectivity index (χ2v) is 5.82. The van der Waals surface area contributed by atoms with E-state index in [1.54, 1.807) is 6.20 Å². The quantitative estimate of drug-likeness (QED) is 0.330. The predicted octanol–water partition coefficient (Wildman–Crippen LogP) is 5.38. The fourth-order valence-corrected chi connectivity index (χ4v) is 2.68. The molecule has 0 spiro atoms. The fourth-order valence-electron chi connectivity index (χ4n) is 2.68. The summed E-state index contributed by atoms with van der Waals surface area (Å²) in [6, 6.07) is 11.7. The van der Waals surface area contributed by atoms with Crippen LogP contribution in [-0.4, -0.2) is 11.6 Å². The fraction of sp³-hybridized carbons (Fsp3) is 0.316. The Hall–Kier alpha value is -2.98. The molecule has 3 aromatic rings. The van der Waals surface area contributed by atoms with Crippen molar-refractivity contribution < 1.29 is 9.15 Å². The van der Waals surface area contributed by atoms with Crippen molar-refractivity contribution >= 4 is 11.0 Å². The Morgan fingerprint density at radius 1 is 1.24 bits per heavy atom. The van der Waals surface area contributed by atoms with Gasteiger partial charge >= 0.3 is 0 Å². The molecule has 0 N–H and O–H groups in total. The summed E-state index contributed by atoms with van der Waals surface area (Å²) in [5.41, 5.74) is 11.6. The van der Waals surface area contributed by atoms with Crippen molar-refractivity contribution in [2.24, 2.45) is 5.11 Å². The molecule has 2 aromatic heterocycles. The van der Waals surface area contributed by atoms with Crippen molar-refractivity contribution in [1.29, 1.82) is 0 Å². The van der Waals surface area contributed by atoms with Gasteiger partial charge in [-0.05, 0) is 62.0 Å². The molecule has 0 radical (unpaired) electrons. The molecule has 0 fully saturated rings. The molecule has 0 bridgehead atoms. The molecule has 3 rings (SSSR count). The van der Waals surface area contributed by atoms with Crippen molar-refractivity contribution in [2.45, 2.75) is 32.7 Å². The molecule has 6 nitrogen and oxygen atoms in total. The van der Waals surface area contributed by atoms with Crippen LogP contribution < -0.4 is 4.74 Å². The van der Waals surface area contributed by atoms with Gasteiger partial charge in [-0.25, -0.2) is 0 Å². The molecule has 2 heterocycles. The third-order valence-corrected chi connectivity index (χ3v) is 4.02. The molecular weight excluding hydrogens is 316 g/mol. The Morgan fingerprint density at radius 2 is 2.12 bits per heavy atom. The Kier molecular flexibility index (Phi) is 5.21. The van der Waals surface area contributed by atoms with Crippen molar-refractivity contribution in [3.63, 3.8) is 0 Å². The molecule has 0 aliphatic heterocycles. The maximum Gasteiger partial charge on any atom is 0.137 e. The van der Waals surface area contributed by atoms with Gasteiger partial charge in [0.25, 0.3) is 0 Å². The van der Waals surface area contributed by atoms with Gasteiger partial charge in [-0.1, -0.05) is 17.2 Å². The Bertz CT molecular complexity index is 895. The highest BCUT2D eigenvalue weighted by molar-refractivity contribution is 5.78.